The number of benzene rings is 2. The summed E-state index contributed by atoms with van der Waals surface area (Å²) in [5, 5.41) is 0. The molecule has 0 saturated heterocycles. The molecule has 2 nitrogen and oxygen atoms in total. The largest absolute Gasteiger partial charge is 0.398 e. The molecule has 0 aliphatic carbocycles. The minimum atomic E-state index is -0.318. The second-order valence-electron chi connectivity index (χ2n) is 3.62. The summed E-state index contributed by atoms with van der Waals surface area (Å²) < 4.78 is 16.1. The van der Waals surface area contributed by atoms with Crippen LogP contribution in [0.4, 0.5) is 15.8 Å². The van der Waals surface area contributed by atoms with Gasteiger partial charge in [-0.2, -0.15) is 0 Å². The maximum atomic E-state index is 12.9. The lowest BCUT2D eigenvalue weighted by molar-refractivity contribution is 0.627. The first-order chi connectivity index (χ1) is 8.69. The average Bonchev–Trinajstić information content (AvgIpc) is 2.38. The molecule has 2 aromatic rings. The predicted octanol–water partition coefficient (Wildman–Crippen LogP) is 4.25. The Hall–Kier alpha value is -1.33. The number of nitrogen functional groups attached to an aromatic ring is 1. The Bertz CT molecular complexity index is 546. The molecule has 0 aliphatic heterocycles. The maximum Gasteiger partial charge on any atom is 0.125 e. The van der Waals surface area contributed by atoms with Crippen molar-refractivity contribution < 1.29 is 4.39 Å². The van der Waals surface area contributed by atoms with Crippen LogP contribution >= 0.6 is 23.7 Å². The van der Waals surface area contributed by atoms with Gasteiger partial charge in [0.1, 0.15) is 5.82 Å². The van der Waals surface area contributed by atoms with Gasteiger partial charge < -0.3 is 10.5 Å². The zero-order chi connectivity index (χ0) is 13.0. The van der Waals surface area contributed by atoms with E-state index in [9.17, 15) is 4.39 Å². The number of hydrogen-bond donors (Lipinski definition) is 2. The quantitative estimate of drug-likeness (QED) is 0.499. The van der Waals surface area contributed by atoms with Crippen LogP contribution < -0.4 is 10.5 Å². The molecule has 0 saturated carbocycles. The molecule has 2 aromatic carbocycles. The number of anilines is 2. The molecule has 0 aliphatic rings. The fraction of sp³-hybridized carbons (Fsp3) is 0.0769. The highest BCUT2D eigenvalue weighted by molar-refractivity contribution is 8.00. The summed E-state index contributed by atoms with van der Waals surface area (Å²) in [6.45, 7) is 0. The second kappa shape index (κ2) is 6.02. The van der Waals surface area contributed by atoms with Gasteiger partial charge in [-0.1, -0.05) is 6.07 Å². The van der Waals surface area contributed by atoms with Gasteiger partial charge in [0.2, 0.25) is 0 Å². The van der Waals surface area contributed by atoms with Gasteiger partial charge in [0, 0.05) is 16.3 Å². The van der Waals surface area contributed by atoms with Crippen molar-refractivity contribution in [3.05, 3.63) is 48.3 Å². The van der Waals surface area contributed by atoms with Crippen LogP contribution in [0.2, 0.25) is 0 Å². The van der Waals surface area contributed by atoms with E-state index >= 15 is 0 Å². The van der Waals surface area contributed by atoms with E-state index in [0.29, 0.717) is 5.69 Å². The number of halogens is 1. The molecular formula is C13H13FN2S2. The average molecular weight is 280 g/mol. The van der Waals surface area contributed by atoms with Crippen LogP contribution in [-0.4, -0.2) is 6.26 Å². The molecule has 0 bridgehead atoms. The van der Waals surface area contributed by atoms with E-state index in [2.05, 4.69) is 10.8 Å². The topological polar surface area (TPSA) is 38.0 Å². The summed E-state index contributed by atoms with van der Waals surface area (Å²) >= 11 is 3.06. The van der Waals surface area contributed by atoms with Gasteiger partial charge >= 0.3 is 0 Å². The highest BCUT2D eigenvalue weighted by Crippen LogP contribution is 2.28. The van der Waals surface area contributed by atoms with Crippen molar-refractivity contribution in [2.45, 2.75) is 9.79 Å². The van der Waals surface area contributed by atoms with E-state index in [4.69, 9.17) is 5.73 Å². The molecule has 5 heteroatoms. The molecule has 0 spiro atoms. The number of rotatable bonds is 4. The summed E-state index contributed by atoms with van der Waals surface area (Å²) in [5.74, 6) is -0.318. The van der Waals surface area contributed by atoms with Gasteiger partial charge in [-0.05, 0) is 54.6 Å². The molecular weight excluding hydrogens is 267 g/mol. The molecule has 3 N–H and O–H groups in total. The van der Waals surface area contributed by atoms with Crippen molar-refractivity contribution in [3.8, 4) is 0 Å². The lowest BCUT2D eigenvalue weighted by Gasteiger charge is -2.08. The first-order valence-electron chi connectivity index (χ1n) is 5.31. The number of thioether (sulfide) groups is 1. The first-order valence-corrected chi connectivity index (χ1v) is 7.35. The molecule has 0 heterocycles. The van der Waals surface area contributed by atoms with E-state index in [0.717, 1.165) is 10.6 Å². The normalized spacial score (nSPS) is 10.3. The zero-order valence-corrected chi connectivity index (χ0v) is 11.4. The number of nitrogens with two attached hydrogens (primary N) is 1. The Morgan fingerprint density at radius 2 is 2.00 bits per heavy atom. The summed E-state index contributed by atoms with van der Waals surface area (Å²) in [5.41, 5.74) is 7.17. The monoisotopic (exact) mass is 280 g/mol. The Labute approximate surface area is 114 Å². The molecule has 0 radical (unpaired) electrons. The Morgan fingerprint density at radius 3 is 2.72 bits per heavy atom. The van der Waals surface area contributed by atoms with Crippen LogP contribution in [0.3, 0.4) is 0 Å². The summed E-state index contributed by atoms with van der Waals surface area (Å²) in [4.78, 5) is 2.00. The predicted molar refractivity (Wildman–Crippen MR) is 78.5 cm³/mol. The highest BCUT2D eigenvalue weighted by Gasteiger charge is 2.02. The van der Waals surface area contributed by atoms with Gasteiger partial charge in [-0.25, -0.2) is 4.39 Å². The van der Waals surface area contributed by atoms with Crippen LogP contribution in [0.1, 0.15) is 0 Å². The second-order valence-corrected chi connectivity index (χ2v) is 5.35. The third-order valence-electron chi connectivity index (χ3n) is 2.32. The first kappa shape index (κ1) is 13.1. The van der Waals surface area contributed by atoms with E-state index in [1.54, 1.807) is 17.8 Å². The van der Waals surface area contributed by atoms with Crippen molar-refractivity contribution >= 4 is 35.1 Å². The summed E-state index contributed by atoms with van der Waals surface area (Å²) in [7, 11) is 0. The van der Waals surface area contributed by atoms with Crippen molar-refractivity contribution in [2.75, 3.05) is 16.7 Å². The van der Waals surface area contributed by atoms with E-state index in [1.807, 2.05) is 24.5 Å². The number of nitrogens with one attached hydrogen (secondary N) is 1. The highest BCUT2D eigenvalue weighted by atomic mass is 32.2. The molecule has 94 valence electrons. The van der Waals surface area contributed by atoms with Crippen LogP contribution in [-0.2, 0) is 0 Å². The van der Waals surface area contributed by atoms with E-state index in [1.165, 1.54) is 29.0 Å². The van der Waals surface area contributed by atoms with E-state index < -0.39 is 0 Å². The van der Waals surface area contributed by atoms with Crippen LogP contribution in [0.5, 0.6) is 0 Å². The van der Waals surface area contributed by atoms with Crippen molar-refractivity contribution in [1.82, 2.24) is 0 Å². The van der Waals surface area contributed by atoms with Crippen LogP contribution in [0, 0.1) is 5.82 Å². The van der Waals surface area contributed by atoms with Gasteiger partial charge in [0.15, 0.2) is 0 Å². The SMILES string of the molecule is CSc1cccc(NSc2ccc(F)cc2N)c1. The molecule has 18 heavy (non-hydrogen) atoms. The number of hydrogen-bond acceptors (Lipinski definition) is 4. The van der Waals surface area contributed by atoms with Gasteiger partial charge in [-0.15, -0.1) is 11.8 Å². The summed E-state index contributed by atoms with van der Waals surface area (Å²) in [6.07, 6.45) is 2.03. The van der Waals surface area contributed by atoms with Crippen molar-refractivity contribution in [1.29, 1.82) is 0 Å². The molecule has 0 fully saturated rings. The zero-order valence-electron chi connectivity index (χ0n) is 9.81. The molecule has 2 rings (SSSR count). The standard InChI is InChI=1S/C13H13FN2S2/c1-17-11-4-2-3-10(8-11)16-18-13-6-5-9(14)7-12(13)15/h2-8,16H,15H2,1H3. The van der Waals surface area contributed by atoms with E-state index in [-0.39, 0.29) is 5.82 Å². The van der Waals surface area contributed by atoms with Crippen molar-refractivity contribution in [2.24, 2.45) is 0 Å². The van der Waals surface area contributed by atoms with Gasteiger partial charge in [0.25, 0.3) is 0 Å². The minimum absolute atomic E-state index is 0.318. The smallest absolute Gasteiger partial charge is 0.125 e. The Morgan fingerprint density at radius 1 is 1.17 bits per heavy atom. The Kier molecular flexibility index (Phi) is 4.38. The molecule has 0 unspecified atom stereocenters. The molecule has 0 aromatic heterocycles. The lowest BCUT2D eigenvalue weighted by atomic mass is 10.3. The van der Waals surface area contributed by atoms with Crippen LogP contribution in [0.25, 0.3) is 0 Å². The molecule has 0 atom stereocenters. The van der Waals surface area contributed by atoms with Gasteiger partial charge in [0.05, 0.1) is 4.90 Å². The van der Waals surface area contributed by atoms with Crippen molar-refractivity contribution in [3.63, 3.8) is 0 Å². The minimum Gasteiger partial charge on any atom is -0.398 e. The van der Waals surface area contributed by atoms with Crippen LogP contribution in [0.15, 0.2) is 52.3 Å². The van der Waals surface area contributed by atoms with Gasteiger partial charge in [-0.3, -0.25) is 0 Å². The fourth-order valence-electron chi connectivity index (χ4n) is 1.41. The third-order valence-corrected chi connectivity index (χ3v) is 3.98. The summed E-state index contributed by atoms with van der Waals surface area (Å²) in [6, 6.07) is 12.5. The maximum absolute atomic E-state index is 12.9. The lowest BCUT2D eigenvalue weighted by Crippen LogP contribution is -1.93. The third kappa shape index (κ3) is 3.34. The Balaban J connectivity index is 2.06. The fourth-order valence-corrected chi connectivity index (χ4v) is 2.54. The molecule has 0 amide bonds.